The highest BCUT2D eigenvalue weighted by Crippen LogP contribution is 2.17. The summed E-state index contributed by atoms with van der Waals surface area (Å²) < 4.78 is 5.78. The Bertz CT molecular complexity index is 766. The number of benzene rings is 2. The van der Waals surface area contributed by atoms with Gasteiger partial charge in [-0.3, -0.25) is 9.59 Å². The number of rotatable bonds is 6. The summed E-state index contributed by atoms with van der Waals surface area (Å²) in [4.78, 5) is 27.1. The van der Waals surface area contributed by atoms with Gasteiger partial charge in [0.05, 0.1) is 0 Å². The van der Waals surface area contributed by atoms with Crippen LogP contribution < -0.4 is 10.1 Å². The van der Waals surface area contributed by atoms with Crippen LogP contribution in [0, 0.1) is 0 Å². The van der Waals surface area contributed by atoms with Gasteiger partial charge in [-0.2, -0.15) is 0 Å². The SMILES string of the molecule is CCC(Oc1ccccc1)C(=O)Nc1ccc(C(=O)N2CCCCCC2)cc1. The molecule has 0 bridgehead atoms. The van der Waals surface area contributed by atoms with Gasteiger partial charge in [0.15, 0.2) is 6.10 Å². The lowest BCUT2D eigenvalue weighted by molar-refractivity contribution is -0.122. The zero-order valence-corrected chi connectivity index (χ0v) is 16.4. The molecule has 1 N–H and O–H groups in total. The van der Waals surface area contributed by atoms with Gasteiger partial charge in [-0.15, -0.1) is 0 Å². The Morgan fingerprint density at radius 3 is 2.21 bits per heavy atom. The van der Waals surface area contributed by atoms with E-state index in [1.165, 1.54) is 12.8 Å². The van der Waals surface area contributed by atoms with Gasteiger partial charge in [-0.05, 0) is 55.7 Å². The summed E-state index contributed by atoms with van der Waals surface area (Å²) in [5, 5.41) is 2.88. The average molecular weight is 380 g/mol. The molecule has 5 nitrogen and oxygen atoms in total. The molecule has 2 aromatic carbocycles. The first-order chi connectivity index (χ1) is 13.7. The molecule has 1 unspecified atom stereocenters. The van der Waals surface area contributed by atoms with Crippen LogP contribution in [0.4, 0.5) is 5.69 Å². The fourth-order valence-electron chi connectivity index (χ4n) is 3.36. The zero-order valence-electron chi connectivity index (χ0n) is 16.4. The van der Waals surface area contributed by atoms with Crippen molar-refractivity contribution in [2.75, 3.05) is 18.4 Å². The molecule has 2 amide bonds. The van der Waals surface area contributed by atoms with Gasteiger partial charge in [-0.25, -0.2) is 0 Å². The van der Waals surface area contributed by atoms with E-state index in [1.54, 1.807) is 24.3 Å². The van der Waals surface area contributed by atoms with Crippen molar-refractivity contribution in [1.29, 1.82) is 0 Å². The third-order valence-electron chi connectivity index (χ3n) is 4.98. The fraction of sp³-hybridized carbons (Fsp3) is 0.391. The highest BCUT2D eigenvalue weighted by molar-refractivity contribution is 5.97. The van der Waals surface area contributed by atoms with Gasteiger partial charge >= 0.3 is 0 Å². The number of likely N-dealkylation sites (tertiary alicyclic amines) is 1. The number of nitrogens with zero attached hydrogens (tertiary/aromatic N) is 1. The second-order valence-corrected chi connectivity index (χ2v) is 7.10. The molecule has 0 aliphatic carbocycles. The minimum atomic E-state index is -0.569. The quantitative estimate of drug-likeness (QED) is 0.803. The molecule has 1 heterocycles. The lowest BCUT2D eigenvalue weighted by Gasteiger charge is -2.20. The Morgan fingerprint density at radius 1 is 0.964 bits per heavy atom. The Labute approximate surface area is 166 Å². The number of nitrogens with one attached hydrogen (secondary N) is 1. The van der Waals surface area contributed by atoms with Crippen LogP contribution in [0.1, 0.15) is 49.4 Å². The number of hydrogen-bond acceptors (Lipinski definition) is 3. The number of carbonyl (C=O) groups is 2. The molecule has 1 aliphatic rings. The summed E-state index contributed by atoms with van der Waals surface area (Å²) in [6, 6.07) is 16.4. The molecule has 3 rings (SSSR count). The van der Waals surface area contributed by atoms with Crippen LogP contribution >= 0.6 is 0 Å². The lowest BCUT2D eigenvalue weighted by atomic mass is 10.1. The van der Waals surface area contributed by atoms with Crippen molar-refractivity contribution in [2.24, 2.45) is 0 Å². The maximum absolute atomic E-state index is 12.7. The second kappa shape index (κ2) is 9.93. The standard InChI is InChI=1S/C23H28N2O3/c1-2-21(28-20-10-6-5-7-11-20)22(26)24-19-14-12-18(13-15-19)23(27)25-16-8-3-4-9-17-25/h5-7,10-15,21H,2-4,8-9,16-17H2,1H3,(H,24,26). The molecule has 0 radical (unpaired) electrons. The molecule has 0 saturated carbocycles. The first-order valence-corrected chi connectivity index (χ1v) is 10.1. The van der Waals surface area contributed by atoms with Crippen LogP contribution in [0.5, 0.6) is 5.75 Å². The summed E-state index contributed by atoms with van der Waals surface area (Å²) in [5.41, 5.74) is 1.32. The molecule has 28 heavy (non-hydrogen) atoms. The van der Waals surface area contributed by atoms with Gasteiger partial charge in [-0.1, -0.05) is 38.0 Å². The third-order valence-corrected chi connectivity index (χ3v) is 4.98. The van der Waals surface area contributed by atoms with E-state index in [9.17, 15) is 9.59 Å². The summed E-state index contributed by atoms with van der Waals surface area (Å²) in [6.45, 7) is 3.56. The van der Waals surface area contributed by atoms with Gasteiger partial charge < -0.3 is 15.0 Å². The maximum atomic E-state index is 12.7. The van der Waals surface area contributed by atoms with Gasteiger partial charge in [0, 0.05) is 24.3 Å². The highest BCUT2D eigenvalue weighted by atomic mass is 16.5. The molecular weight excluding hydrogens is 352 g/mol. The van der Waals surface area contributed by atoms with Crippen molar-refractivity contribution in [3.05, 3.63) is 60.2 Å². The Kier molecular flexibility index (Phi) is 7.06. The largest absolute Gasteiger partial charge is 0.481 e. The molecule has 148 valence electrons. The molecule has 0 aromatic heterocycles. The van der Waals surface area contributed by atoms with Crippen molar-refractivity contribution in [3.63, 3.8) is 0 Å². The van der Waals surface area contributed by atoms with Crippen LogP contribution in [0.3, 0.4) is 0 Å². The summed E-state index contributed by atoms with van der Waals surface area (Å²) in [7, 11) is 0. The molecular formula is C23H28N2O3. The minimum absolute atomic E-state index is 0.0682. The van der Waals surface area contributed by atoms with Crippen LogP contribution in [-0.4, -0.2) is 35.9 Å². The topological polar surface area (TPSA) is 58.6 Å². The van der Waals surface area contributed by atoms with E-state index >= 15 is 0 Å². The van der Waals surface area contributed by atoms with E-state index in [1.807, 2.05) is 42.2 Å². The van der Waals surface area contributed by atoms with Crippen molar-refractivity contribution in [1.82, 2.24) is 4.90 Å². The van der Waals surface area contributed by atoms with Gasteiger partial charge in [0.1, 0.15) is 5.75 Å². The highest BCUT2D eigenvalue weighted by Gasteiger charge is 2.20. The van der Waals surface area contributed by atoms with E-state index in [0.29, 0.717) is 23.4 Å². The fourth-order valence-corrected chi connectivity index (χ4v) is 3.36. The predicted octanol–water partition coefficient (Wildman–Crippen LogP) is 4.50. The third kappa shape index (κ3) is 5.35. The first kappa shape index (κ1) is 19.9. The molecule has 0 spiro atoms. The van der Waals surface area contributed by atoms with Crippen LogP contribution in [0.2, 0.25) is 0 Å². The lowest BCUT2D eigenvalue weighted by Crippen LogP contribution is -2.32. The maximum Gasteiger partial charge on any atom is 0.265 e. The first-order valence-electron chi connectivity index (χ1n) is 10.1. The van der Waals surface area contributed by atoms with E-state index in [4.69, 9.17) is 4.74 Å². The molecule has 1 fully saturated rings. The number of carbonyl (C=O) groups excluding carboxylic acids is 2. The van der Waals surface area contributed by atoms with Crippen molar-refractivity contribution >= 4 is 17.5 Å². The monoisotopic (exact) mass is 380 g/mol. The van der Waals surface area contributed by atoms with Crippen LogP contribution in [0.15, 0.2) is 54.6 Å². The summed E-state index contributed by atoms with van der Waals surface area (Å²) >= 11 is 0. The molecule has 1 aliphatic heterocycles. The Hall–Kier alpha value is -2.82. The predicted molar refractivity (Wildman–Crippen MR) is 111 cm³/mol. The number of ether oxygens (including phenoxy) is 1. The van der Waals surface area contributed by atoms with Crippen molar-refractivity contribution < 1.29 is 14.3 Å². The summed E-state index contributed by atoms with van der Waals surface area (Å²) in [6.07, 6.45) is 4.52. The molecule has 2 aromatic rings. The summed E-state index contributed by atoms with van der Waals surface area (Å²) in [5.74, 6) is 0.541. The van der Waals surface area contributed by atoms with Crippen LogP contribution in [0.25, 0.3) is 0 Å². The minimum Gasteiger partial charge on any atom is -0.481 e. The smallest absolute Gasteiger partial charge is 0.265 e. The molecule has 1 saturated heterocycles. The number of hydrogen-bond donors (Lipinski definition) is 1. The van der Waals surface area contributed by atoms with E-state index in [2.05, 4.69) is 5.32 Å². The Morgan fingerprint density at radius 2 is 1.61 bits per heavy atom. The van der Waals surface area contributed by atoms with Crippen molar-refractivity contribution in [3.8, 4) is 5.75 Å². The average Bonchev–Trinajstić information content (AvgIpc) is 3.02. The molecule has 5 heteroatoms. The normalized spacial score (nSPS) is 15.4. The van der Waals surface area contributed by atoms with E-state index < -0.39 is 6.10 Å². The van der Waals surface area contributed by atoms with Crippen molar-refractivity contribution in [2.45, 2.75) is 45.1 Å². The number of anilines is 1. The zero-order chi connectivity index (χ0) is 19.8. The Balaban J connectivity index is 1.59. The molecule has 1 atom stereocenters. The second-order valence-electron chi connectivity index (χ2n) is 7.10. The van der Waals surface area contributed by atoms with E-state index in [-0.39, 0.29) is 11.8 Å². The van der Waals surface area contributed by atoms with E-state index in [0.717, 1.165) is 25.9 Å². The van der Waals surface area contributed by atoms with Gasteiger partial charge in [0.25, 0.3) is 11.8 Å². The van der Waals surface area contributed by atoms with Gasteiger partial charge in [0.2, 0.25) is 0 Å². The number of amides is 2. The number of para-hydroxylation sites is 1. The van der Waals surface area contributed by atoms with Crippen LogP contribution in [-0.2, 0) is 4.79 Å².